The number of phenols is 1. The highest BCUT2D eigenvalue weighted by molar-refractivity contribution is 9.10. The van der Waals surface area contributed by atoms with Gasteiger partial charge in [0.2, 0.25) is 0 Å². The molecule has 0 spiro atoms. The van der Waals surface area contributed by atoms with Crippen molar-refractivity contribution in [1.82, 2.24) is 0 Å². The van der Waals surface area contributed by atoms with Crippen molar-refractivity contribution in [1.29, 1.82) is 10.5 Å². The van der Waals surface area contributed by atoms with Gasteiger partial charge in [0, 0.05) is 5.56 Å². The fourth-order valence-corrected chi connectivity index (χ4v) is 2.28. The van der Waals surface area contributed by atoms with E-state index in [1.165, 1.54) is 6.07 Å². The largest absolute Gasteiger partial charge is 0.506 e. The zero-order chi connectivity index (χ0) is 14.0. The van der Waals surface area contributed by atoms with E-state index in [1.54, 1.807) is 24.3 Å². The van der Waals surface area contributed by atoms with Crippen molar-refractivity contribution in [2.45, 2.75) is 0 Å². The van der Waals surface area contributed by atoms with E-state index < -0.39 is 0 Å². The van der Waals surface area contributed by atoms with Gasteiger partial charge >= 0.3 is 0 Å². The first-order valence-electron chi connectivity index (χ1n) is 5.19. The van der Waals surface area contributed by atoms with Gasteiger partial charge in [-0.25, -0.2) is 0 Å². The zero-order valence-electron chi connectivity index (χ0n) is 9.48. The Balaban J connectivity index is 2.69. The van der Waals surface area contributed by atoms with Crippen LogP contribution in [0.1, 0.15) is 11.1 Å². The molecule has 3 nitrogen and oxygen atoms in total. The minimum absolute atomic E-state index is 0.0187. The maximum absolute atomic E-state index is 10.0. The molecule has 0 aliphatic carbocycles. The fourth-order valence-electron chi connectivity index (χ4n) is 1.66. The fraction of sp³-hybridized carbons (Fsp3) is 0. The monoisotopic (exact) mass is 332 g/mol. The van der Waals surface area contributed by atoms with Crippen LogP contribution in [0.15, 0.2) is 34.8 Å². The van der Waals surface area contributed by atoms with Crippen LogP contribution in [0.25, 0.3) is 11.1 Å². The quantitative estimate of drug-likeness (QED) is 0.849. The Kier molecular flexibility index (Phi) is 3.76. The van der Waals surface area contributed by atoms with Crippen LogP contribution in [-0.2, 0) is 0 Å². The van der Waals surface area contributed by atoms with Crippen LogP contribution in [-0.4, -0.2) is 5.11 Å². The summed E-state index contributed by atoms with van der Waals surface area (Å²) in [7, 11) is 0. The molecule has 0 aliphatic heterocycles. The first kappa shape index (κ1) is 13.4. The van der Waals surface area contributed by atoms with Crippen LogP contribution >= 0.6 is 27.5 Å². The molecule has 0 atom stereocenters. The Morgan fingerprint density at radius 3 is 2.47 bits per heavy atom. The summed E-state index contributed by atoms with van der Waals surface area (Å²) in [6.07, 6.45) is 0. The highest BCUT2D eigenvalue weighted by atomic mass is 79.9. The molecule has 0 heterocycles. The van der Waals surface area contributed by atoms with Gasteiger partial charge in [-0.1, -0.05) is 17.7 Å². The van der Waals surface area contributed by atoms with Crippen LogP contribution in [0, 0.1) is 22.7 Å². The van der Waals surface area contributed by atoms with Gasteiger partial charge in [0.05, 0.1) is 26.7 Å². The van der Waals surface area contributed by atoms with Gasteiger partial charge in [-0.15, -0.1) is 0 Å². The normalized spacial score (nSPS) is 9.68. The molecule has 92 valence electrons. The van der Waals surface area contributed by atoms with Gasteiger partial charge in [-0.3, -0.25) is 0 Å². The summed E-state index contributed by atoms with van der Waals surface area (Å²) in [5, 5.41) is 28.3. The van der Waals surface area contributed by atoms with Gasteiger partial charge < -0.3 is 5.11 Å². The molecule has 2 aromatic rings. The van der Waals surface area contributed by atoms with Crippen molar-refractivity contribution >= 4 is 27.5 Å². The number of hydrogen-bond acceptors (Lipinski definition) is 3. The average Bonchev–Trinajstić information content (AvgIpc) is 2.42. The van der Waals surface area contributed by atoms with Crippen molar-refractivity contribution in [3.05, 3.63) is 51.0 Å². The second-order valence-corrected chi connectivity index (χ2v) is 5.03. The van der Waals surface area contributed by atoms with E-state index in [4.69, 9.17) is 22.1 Å². The number of rotatable bonds is 1. The average molecular weight is 334 g/mol. The highest BCUT2D eigenvalue weighted by Gasteiger charge is 2.12. The number of halogens is 2. The van der Waals surface area contributed by atoms with Crippen LogP contribution in [0.3, 0.4) is 0 Å². The van der Waals surface area contributed by atoms with E-state index in [2.05, 4.69) is 15.9 Å². The number of aromatic hydroxyl groups is 1. The first-order valence-corrected chi connectivity index (χ1v) is 6.36. The van der Waals surface area contributed by atoms with E-state index >= 15 is 0 Å². The van der Waals surface area contributed by atoms with E-state index in [1.807, 2.05) is 12.1 Å². The molecular weight excluding hydrogens is 328 g/mol. The highest BCUT2D eigenvalue weighted by Crippen LogP contribution is 2.37. The van der Waals surface area contributed by atoms with Crippen LogP contribution in [0.4, 0.5) is 0 Å². The van der Waals surface area contributed by atoms with Gasteiger partial charge in [-0.2, -0.15) is 10.5 Å². The van der Waals surface area contributed by atoms with Gasteiger partial charge in [-0.05, 0) is 45.8 Å². The minimum Gasteiger partial charge on any atom is -0.506 e. The predicted octanol–water partition coefficient (Wildman–Crippen LogP) is 4.22. The molecular formula is C14H6BrClN2O. The Hall–Kier alpha value is -2.01. The maximum atomic E-state index is 10.0. The van der Waals surface area contributed by atoms with Crippen molar-refractivity contribution in [3.63, 3.8) is 0 Å². The molecule has 0 aliphatic rings. The molecule has 2 rings (SSSR count). The lowest BCUT2D eigenvalue weighted by Crippen LogP contribution is -1.86. The molecule has 0 saturated carbocycles. The summed E-state index contributed by atoms with van der Waals surface area (Å²) in [6.45, 7) is 0. The number of nitriles is 2. The van der Waals surface area contributed by atoms with Crippen molar-refractivity contribution in [3.8, 4) is 29.0 Å². The van der Waals surface area contributed by atoms with Gasteiger partial charge in [0.1, 0.15) is 11.8 Å². The Labute approximate surface area is 123 Å². The summed E-state index contributed by atoms with van der Waals surface area (Å²) in [5.74, 6) is 0.0187. The first-order chi connectivity index (χ1) is 9.06. The van der Waals surface area contributed by atoms with Crippen molar-refractivity contribution in [2.24, 2.45) is 0 Å². The number of phenolic OH excluding ortho intramolecular Hbond substituents is 1. The Morgan fingerprint density at radius 2 is 1.84 bits per heavy atom. The molecule has 0 amide bonds. The molecule has 0 aromatic heterocycles. The summed E-state index contributed by atoms with van der Waals surface area (Å²) >= 11 is 9.06. The van der Waals surface area contributed by atoms with Gasteiger partial charge in [0.25, 0.3) is 0 Å². The maximum Gasteiger partial charge on any atom is 0.137 e. The summed E-state index contributed by atoms with van der Waals surface area (Å²) in [4.78, 5) is 0. The van der Waals surface area contributed by atoms with E-state index in [0.29, 0.717) is 31.7 Å². The van der Waals surface area contributed by atoms with Crippen molar-refractivity contribution < 1.29 is 5.11 Å². The van der Waals surface area contributed by atoms with Crippen LogP contribution in [0.2, 0.25) is 5.02 Å². The van der Waals surface area contributed by atoms with E-state index in [-0.39, 0.29) is 5.75 Å². The topological polar surface area (TPSA) is 67.8 Å². The summed E-state index contributed by atoms with van der Waals surface area (Å²) in [5.41, 5.74) is 1.82. The lowest BCUT2D eigenvalue weighted by molar-refractivity contribution is 0.474. The van der Waals surface area contributed by atoms with E-state index in [9.17, 15) is 5.11 Å². The minimum atomic E-state index is 0.0187. The third kappa shape index (κ3) is 2.56. The van der Waals surface area contributed by atoms with Gasteiger partial charge in [0.15, 0.2) is 0 Å². The van der Waals surface area contributed by atoms with Crippen LogP contribution in [0.5, 0.6) is 5.75 Å². The molecule has 0 unspecified atom stereocenters. The summed E-state index contributed by atoms with van der Waals surface area (Å²) in [6, 6.07) is 11.9. The van der Waals surface area contributed by atoms with Crippen molar-refractivity contribution in [2.75, 3.05) is 0 Å². The second kappa shape index (κ2) is 5.32. The standard InChI is InChI=1S/C14H6BrClN2O/c15-12-4-8(6-17)3-11(14(12)19)9-1-2-13(16)10(5-9)7-18/h1-5,19H. The van der Waals surface area contributed by atoms with E-state index in [0.717, 1.165) is 0 Å². The molecule has 0 bridgehead atoms. The lowest BCUT2D eigenvalue weighted by Gasteiger charge is -2.08. The van der Waals surface area contributed by atoms with Crippen LogP contribution < -0.4 is 0 Å². The Morgan fingerprint density at radius 1 is 1.11 bits per heavy atom. The number of benzene rings is 2. The second-order valence-electron chi connectivity index (χ2n) is 3.77. The predicted molar refractivity (Wildman–Crippen MR) is 75.7 cm³/mol. The Bertz CT molecular complexity index is 744. The molecule has 0 saturated heterocycles. The smallest absolute Gasteiger partial charge is 0.137 e. The third-order valence-electron chi connectivity index (χ3n) is 2.59. The molecule has 0 radical (unpaired) electrons. The number of hydrogen-bond donors (Lipinski definition) is 1. The lowest BCUT2D eigenvalue weighted by atomic mass is 10.0. The molecule has 2 aromatic carbocycles. The summed E-state index contributed by atoms with van der Waals surface area (Å²) < 4.78 is 0.426. The molecule has 0 fully saturated rings. The molecule has 1 N–H and O–H groups in total. The third-order valence-corrected chi connectivity index (χ3v) is 3.52. The molecule has 19 heavy (non-hydrogen) atoms. The number of nitrogens with zero attached hydrogens (tertiary/aromatic N) is 2. The SMILES string of the molecule is N#Cc1cc(Br)c(O)c(-c2ccc(Cl)c(C#N)c2)c1. The zero-order valence-corrected chi connectivity index (χ0v) is 11.8. The molecule has 5 heteroatoms.